The molecule has 8 heteroatoms. The van der Waals surface area contributed by atoms with Crippen LogP contribution in [0.3, 0.4) is 0 Å². The molecule has 3 aromatic rings. The summed E-state index contributed by atoms with van der Waals surface area (Å²) in [5, 5.41) is 10.2. The van der Waals surface area contributed by atoms with Crippen LogP contribution in [-0.2, 0) is 4.79 Å². The molecule has 0 atom stereocenters. The summed E-state index contributed by atoms with van der Waals surface area (Å²) in [5.41, 5.74) is 2.44. The molecule has 0 unspecified atom stereocenters. The number of furan rings is 1. The highest BCUT2D eigenvalue weighted by Gasteiger charge is 2.42. The van der Waals surface area contributed by atoms with Crippen LogP contribution in [0.1, 0.15) is 54.0 Å². The number of carboxylic acid groups (broad SMARTS) is 1. The van der Waals surface area contributed by atoms with E-state index in [4.69, 9.17) is 18.0 Å². The first-order valence-electron chi connectivity index (χ1n) is 13.3. The van der Waals surface area contributed by atoms with Gasteiger partial charge in [-0.25, -0.2) is 4.79 Å². The van der Waals surface area contributed by atoms with Gasteiger partial charge in [0.05, 0.1) is 7.11 Å². The number of methoxy groups -OCH3 is 1. The summed E-state index contributed by atoms with van der Waals surface area (Å²) in [7, 11) is -2.71. The number of ether oxygens (including phenoxy) is 1. The standard InChI is InChI=1S/C31H44O6Si2/c1-20(29(32)33)15-21-16-23-19-25(35-28(23)27(17-21)34-8)22-13-14-24(36-38(9,10)30(2,3)4)26(18-22)37-39(11,12)31(5,6)7/h13-19H,1-12H3,(H,32,33)/b20-15+. The van der Waals surface area contributed by atoms with Crippen LogP contribution in [0, 0.1) is 0 Å². The lowest BCUT2D eigenvalue weighted by molar-refractivity contribution is -0.132. The molecule has 6 nitrogen and oxygen atoms in total. The smallest absolute Gasteiger partial charge is 0.331 e. The van der Waals surface area contributed by atoms with E-state index in [0.717, 1.165) is 28.0 Å². The topological polar surface area (TPSA) is 78.1 Å². The van der Waals surface area contributed by atoms with Crippen LogP contribution in [0.15, 0.2) is 46.4 Å². The van der Waals surface area contributed by atoms with E-state index in [1.54, 1.807) is 26.2 Å². The molecule has 0 aliphatic heterocycles. The molecule has 0 aliphatic carbocycles. The van der Waals surface area contributed by atoms with Gasteiger partial charge < -0.3 is 23.1 Å². The van der Waals surface area contributed by atoms with Crippen molar-refractivity contribution in [1.82, 2.24) is 0 Å². The van der Waals surface area contributed by atoms with Crippen LogP contribution in [0.2, 0.25) is 36.3 Å². The monoisotopic (exact) mass is 568 g/mol. The summed E-state index contributed by atoms with van der Waals surface area (Å²) in [5.74, 6) is 1.74. The van der Waals surface area contributed by atoms with Crippen LogP contribution in [0.5, 0.6) is 17.2 Å². The van der Waals surface area contributed by atoms with E-state index < -0.39 is 22.6 Å². The van der Waals surface area contributed by atoms with Gasteiger partial charge in [-0.1, -0.05) is 41.5 Å². The zero-order chi connectivity index (χ0) is 29.6. The van der Waals surface area contributed by atoms with Gasteiger partial charge in [-0.05, 0) is 91.2 Å². The summed E-state index contributed by atoms with van der Waals surface area (Å²) in [6.45, 7) is 23.9. The van der Waals surface area contributed by atoms with Crippen LogP contribution < -0.4 is 13.6 Å². The highest BCUT2D eigenvalue weighted by Crippen LogP contribution is 2.45. The van der Waals surface area contributed by atoms with E-state index in [0.29, 0.717) is 17.1 Å². The van der Waals surface area contributed by atoms with Crippen molar-refractivity contribution in [2.45, 2.75) is 84.7 Å². The number of fused-ring (bicyclic) bond motifs is 1. The highest BCUT2D eigenvalue weighted by atomic mass is 28.4. The Hall–Kier alpha value is -2.98. The predicted octanol–water partition coefficient (Wildman–Crippen LogP) is 9.36. The molecule has 0 fully saturated rings. The maximum Gasteiger partial charge on any atom is 0.331 e. The molecule has 0 saturated carbocycles. The first-order chi connectivity index (χ1) is 17.8. The number of aliphatic carboxylic acids is 1. The van der Waals surface area contributed by atoms with Gasteiger partial charge in [0.25, 0.3) is 16.6 Å². The van der Waals surface area contributed by atoms with Crippen LogP contribution in [0.4, 0.5) is 0 Å². The molecule has 0 amide bonds. The van der Waals surface area contributed by atoms with Gasteiger partial charge in [0, 0.05) is 16.5 Å². The first kappa shape index (κ1) is 30.6. The van der Waals surface area contributed by atoms with Gasteiger partial charge in [-0.2, -0.15) is 0 Å². The zero-order valence-corrected chi connectivity index (χ0v) is 27.5. The molecule has 39 heavy (non-hydrogen) atoms. The van der Waals surface area contributed by atoms with Gasteiger partial charge in [0.2, 0.25) is 0 Å². The number of carbonyl (C=O) groups is 1. The number of hydrogen-bond donors (Lipinski definition) is 1. The Morgan fingerprint density at radius 2 is 1.41 bits per heavy atom. The zero-order valence-electron chi connectivity index (χ0n) is 25.5. The second kappa shape index (κ2) is 10.5. The van der Waals surface area contributed by atoms with Gasteiger partial charge in [-0.15, -0.1) is 0 Å². The van der Waals surface area contributed by atoms with Crippen molar-refractivity contribution in [3.8, 4) is 28.6 Å². The van der Waals surface area contributed by atoms with E-state index in [1.165, 1.54) is 0 Å². The van der Waals surface area contributed by atoms with Crippen molar-refractivity contribution in [3.63, 3.8) is 0 Å². The van der Waals surface area contributed by atoms with E-state index >= 15 is 0 Å². The SMILES string of the molecule is COc1cc(/C=C(\C)C(=O)O)cc2cc(-c3ccc(O[Si](C)(C)C(C)(C)C)c(O[Si](C)(C)C(C)(C)C)c3)oc12. The summed E-state index contributed by atoms with van der Waals surface area (Å²) < 4.78 is 25.5. The third-order valence-electron chi connectivity index (χ3n) is 8.12. The van der Waals surface area contributed by atoms with Crippen molar-refractivity contribution in [1.29, 1.82) is 0 Å². The number of carboxylic acids is 1. The molecule has 212 valence electrons. The molecule has 0 saturated heterocycles. The summed E-state index contributed by atoms with van der Waals surface area (Å²) in [6, 6.07) is 11.6. The molecule has 0 radical (unpaired) electrons. The Kier molecular flexibility index (Phi) is 8.26. The first-order valence-corrected chi connectivity index (χ1v) is 19.1. The Balaban J connectivity index is 2.16. The molecular weight excluding hydrogens is 525 g/mol. The maximum absolute atomic E-state index is 11.3. The fraction of sp³-hybridized carbons (Fsp3) is 0.452. The van der Waals surface area contributed by atoms with Crippen molar-refractivity contribution < 1.29 is 27.9 Å². The van der Waals surface area contributed by atoms with Crippen LogP contribution in [0.25, 0.3) is 28.4 Å². The van der Waals surface area contributed by atoms with Gasteiger partial charge in [0.15, 0.2) is 11.3 Å². The third-order valence-corrected chi connectivity index (χ3v) is 16.8. The Labute approximate surface area is 235 Å². The molecule has 0 aliphatic rings. The van der Waals surface area contributed by atoms with Gasteiger partial charge >= 0.3 is 5.97 Å². The van der Waals surface area contributed by atoms with E-state index in [1.807, 2.05) is 30.3 Å². The van der Waals surface area contributed by atoms with Crippen molar-refractivity contribution in [2.24, 2.45) is 0 Å². The number of rotatable bonds is 8. The largest absolute Gasteiger partial charge is 0.541 e. The second-order valence-electron chi connectivity index (χ2n) is 13.3. The van der Waals surface area contributed by atoms with Crippen molar-refractivity contribution >= 4 is 39.6 Å². The lowest BCUT2D eigenvalue weighted by atomic mass is 10.1. The maximum atomic E-state index is 11.3. The molecule has 1 heterocycles. The number of benzene rings is 2. The fourth-order valence-corrected chi connectivity index (χ4v) is 5.55. The summed E-state index contributed by atoms with van der Waals surface area (Å²) in [4.78, 5) is 11.3. The second-order valence-corrected chi connectivity index (χ2v) is 22.7. The van der Waals surface area contributed by atoms with Crippen LogP contribution in [-0.4, -0.2) is 34.8 Å². The fourth-order valence-electron chi connectivity index (χ4n) is 3.51. The number of hydrogen-bond acceptors (Lipinski definition) is 5. The highest BCUT2D eigenvalue weighted by molar-refractivity contribution is 6.75. The van der Waals surface area contributed by atoms with Crippen LogP contribution >= 0.6 is 0 Å². The van der Waals surface area contributed by atoms with E-state index in [2.05, 4.69) is 67.7 Å². The Morgan fingerprint density at radius 1 is 0.846 bits per heavy atom. The lowest BCUT2D eigenvalue weighted by Gasteiger charge is -2.39. The Bertz CT molecular complexity index is 1400. The van der Waals surface area contributed by atoms with Crippen molar-refractivity contribution in [3.05, 3.63) is 47.5 Å². The molecule has 2 aromatic carbocycles. The summed E-state index contributed by atoms with van der Waals surface area (Å²) in [6.07, 6.45) is 1.62. The molecule has 1 aromatic heterocycles. The molecule has 0 bridgehead atoms. The minimum absolute atomic E-state index is 0.0159. The molecule has 0 spiro atoms. The minimum atomic E-state index is -2.17. The Morgan fingerprint density at radius 3 is 1.92 bits per heavy atom. The average molecular weight is 569 g/mol. The quantitative estimate of drug-likeness (QED) is 0.215. The predicted molar refractivity (Wildman–Crippen MR) is 165 cm³/mol. The lowest BCUT2D eigenvalue weighted by Crippen LogP contribution is -2.45. The molecular formula is C31H44O6Si2. The molecule has 1 N–H and O–H groups in total. The van der Waals surface area contributed by atoms with E-state index in [9.17, 15) is 9.90 Å². The van der Waals surface area contributed by atoms with Crippen molar-refractivity contribution in [2.75, 3.05) is 7.11 Å². The third kappa shape index (κ3) is 6.61. The minimum Gasteiger partial charge on any atom is -0.541 e. The van der Waals surface area contributed by atoms with Gasteiger partial charge in [-0.3, -0.25) is 0 Å². The molecule has 3 rings (SSSR count). The normalized spacial score (nSPS) is 13.5. The van der Waals surface area contributed by atoms with Gasteiger partial charge in [0.1, 0.15) is 17.3 Å². The summed E-state index contributed by atoms with van der Waals surface area (Å²) >= 11 is 0. The van der Waals surface area contributed by atoms with E-state index in [-0.39, 0.29) is 15.6 Å². The average Bonchev–Trinajstić information content (AvgIpc) is 3.22.